The van der Waals surface area contributed by atoms with E-state index in [1.165, 1.54) is 10.5 Å². The van der Waals surface area contributed by atoms with Crippen LogP contribution < -0.4 is 0 Å². The maximum Gasteiger partial charge on any atom is 0.137 e. The molecule has 3 rings (SSSR count). The van der Waals surface area contributed by atoms with Crippen molar-refractivity contribution in [3.8, 4) is 0 Å². The first-order valence-electron chi connectivity index (χ1n) is 6.03. The Labute approximate surface area is 121 Å². The SMILES string of the molecule is Cc1ccc2nc(CSc3cccc(Cl)c3)cn2c1. The number of benzene rings is 1. The Bertz CT molecular complexity index is 721. The van der Waals surface area contributed by atoms with E-state index in [-0.39, 0.29) is 0 Å². The Kier molecular flexibility index (Phi) is 3.49. The number of fused-ring (bicyclic) bond motifs is 1. The Morgan fingerprint density at radius 3 is 2.95 bits per heavy atom. The molecule has 2 aromatic heterocycles. The number of halogens is 1. The number of nitrogens with zero attached hydrogens (tertiary/aromatic N) is 2. The van der Waals surface area contributed by atoms with Gasteiger partial charge in [-0.1, -0.05) is 23.7 Å². The van der Waals surface area contributed by atoms with Crippen LogP contribution in [0.25, 0.3) is 5.65 Å². The third-order valence-electron chi connectivity index (χ3n) is 2.83. The summed E-state index contributed by atoms with van der Waals surface area (Å²) >= 11 is 7.72. The summed E-state index contributed by atoms with van der Waals surface area (Å²) < 4.78 is 2.07. The van der Waals surface area contributed by atoms with Gasteiger partial charge in [0.05, 0.1) is 5.69 Å². The van der Waals surface area contributed by atoms with Crippen LogP contribution in [0.5, 0.6) is 0 Å². The number of hydrogen-bond donors (Lipinski definition) is 0. The van der Waals surface area contributed by atoms with Crippen LogP contribution in [0, 0.1) is 6.92 Å². The van der Waals surface area contributed by atoms with E-state index in [9.17, 15) is 0 Å². The van der Waals surface area contributed by atoms with Crippen LogP contribution in [0.4, 0.5) is 0 Å². The standard InChI is InChI=1S/C15H13ClN2S/c1-11-5-6-15-17-13(9-18(15)8-11)10-19-14-4-2-3-12(16)7-14/h2-9H,10H2,1H3. The fourth-order valence-corrected chi connectivity index (χ4v) is 3.03. The topological polar surface area (TPSA) is 17.3 Å². The van der Waals surface area contributed by atoms with Crippen LogP contribution in [-0.4, -0.2) is 9.38 Å². The fourth-order valence-electron chi connectivity index (χ4n) is 1.94. The third-order valence-corrected chi connectivity index (χ3v) is 4.09. The lowest BCUT2D eigenvalue weighted by Gasteiger charge is -1.99. The van der Waals surface area contributed by atoms with Crippen LogP contribution >= 0.6 is 23.4 Å². The van der Waals surface area contributed by atoms with Gasteiger partial charge in [-0.15, -0.1) is 11.8 Å². The molecule has 0 bridgehead atoms. The maximum atomic E-state index is 5.98. The van der Waals surface area contributed by atoms with Gasteiger partial charge in [0.2, 0.25) is 0 Å². The molecule has 4 heteroatoms. The second-order valence-electron chi connectivity index (χ2n) is 4.45. The van der Waals surface area contributed by atoms with Crippen LogP contribution in [0.2, 0.25) is 5.02 Å². The van der Waals surface area contributed by atoms with Crippen LogP contribution in [0.3, 0.4) is 0 Å². The molecular weight excluding hydrogens is 276 g/mol. The summed E-state index contributed by atoms with van der Waals surface area (Å²) in [5, 5.41) is 0.774. The molecule has 0 fully saturated rings. The van der Waals surface area contributed by atoms with Crippen LogP contribution in [0.1, 0.15) is 11.3 Å². The highest BCUT2D eigenvalue weighted by atomic mass is 35.5. The summed E-state index contributed by atoms with van der Waals surface area (Å²) in [6, 6.07) is 12.0. The Balaban J connectivity index is 1.78. The van der Waals surface area contributed by atoms with E-state index in [1.807, 2.05) is 24.3 Å². The second-order valence-corrected chi connectivity index (χ2v) is 5.94. The first-order valence-corrected chi connectivity index (χ1v) is 7.40. The molecule has 0 aliphatic heterocycles. The molecule has 3 aromatic rings. The molecule has 0 spiro atoms. The summed E-state index contributed by atoms with van der Waals surface area (Å²) in [7, 11) is 0. The zero-order valence-electron chi connectivity index (χ0n) is 10.5. The van der Waals surface area contributed by atoms with E-state index < -0.39 is 0 Å². The minimum atomic E-state index is 0.774. The fraction of sp³-hybridized carbons (Fsp3) is 0.133. The number of hydrogen-bond acceptors (Lipinski definition) is 2. The van der Waals surface area contributed by atoms with Gasteiger partial charge in [-0.05, 0) is 36.8 Å². The highest BCUT2D eigenvalue weighted by molar-refractivity contribution is 7.98. The number of pyridine rings is 1. The van der Waals surface area contributed by atoms with Gasteiger partial charge in [-0.2, -0.15) is 0 Å². The summed E-state index contributed by atoms with van der Waals surface area (Å²) in [6.45, 7) is 2.08. The molecule has 0 amide bonds. The van der Waals surface area contributed by atoms with Crippen LogP contribution in [-0.2, 0) is 5.75 Å². The zero-order chi connectivity index (χ0) is 13.2. The van der Waals surface area contributed by atoms with E-state index in [2.05, 4.69) is 40.8 Å². The molecular formula is C15H13ClN2S. The lowest BCUT2D eigenvalue weighted by molar-refractivity contribution is 1.15. The normalized spacial score (nSPS) is 11.1. The Morgan fingerprint density at radius 2 is 2.11 bits per heavy atom. The molecule has 0 N–H and O–H groups in total. The summed E-state index contributed by atoms with van der Waals surface area (Å²) in [6.07, 6.45) is 4.18. The van der Waals surface area contributed by atoms with Crippen molar-refractivity contribution in [1.29, 1.82) is 0 Å². The lowest BCUT2D eigenvalue weighted by atomic mass is 10.3. The maximum absolute atomic E-state index is 5.98. The van der Waals surface area contributed by atoms with Crippen molar-refractivity contribution < 1.29 is 0 Å². The number of thioether (sulfide) groups is 1. The summed E-state index contributed by atoms with van der Waals surface area (Å²) in [5.41, 5.74) is 3.31. The Hall–Kier alpha value is -1.45. The van der Waals surface area contributed by atoms with Gasteiger partial charge in [-0.3, -0.25) is 0 Å². The van der Waals surface area contributed by atoms with Crippen molar-refractivity contribution in [3.63, 3.8) is 0 Å². The molecule has 1 aromatic carbocycles. The van der Waals surface area contributed by atoms with Crippen molar-refractivity contribution in [3.05, 3.63) is 65.1 Å². The first-order chi connectivity index (χ1) is 9.20. The number of aryl methyl sites for hydroxylation is 1. The highest BCUT2D eigenvalue weighted by Crippen LogP contribution is 2.25. The average Bonchev–Trinajstić information content (AvgIpc) is 2.78. The van der Waals surface area contributed by atoms with E-state index in [1.54, 1.807) is 11.8 Å². The van der Waals surface area contributed by atoms with Gasteiger partial charge in [0.15, 0.2) is 0 Å². The number of rotatable bonds is 3. The number of aromatic nitrogens is 2. The minimum Gasteiger partial charge on any atom is -0.307 e. The molecule has 96 valence electrons. The quantitative estimate of drug-likeness (QED) is 0.656. The van der Waals surface area contributed by atoms with Crippen molar-refractivity contribution in [2.45, 2.75) is 17.6 Å². The monoisotopic (exact) mass is 288 g/mol. The van der Waals surface area contributed by atoms with Crippen molar-refractivity contribution in [1.82, 2.24) is 9.38 Å². The number of imidazole rings is 1. The largest absolute Gasteiger partial charge is 0.307 e. The summed E-state index contributed by atoms with van der Waals surface area (Å²) in [5.74, 6) is 0.848. The van der Waals surface area contributed by atoms with Crippen molar-refractivity contribution in [2.75, 3.05) is 0 Å². The van der Waals surface area contributed by atoms with Crippen LogP contribution in [0.15, 0.2) is 53.7 Å². The highest BCUT2D eigenvalue weighted by Gasteiger charge is 2.03. The predicted octanol–water partition coefficient (Wildman–Crippen LogP) is 4.59. The van der Waals surface area contributed by atoms with E-state index in [0.29, 0.717) is 0 Å². The molecule has 0 radical (unpaired) electrons. The molecule has 0 saturated heterocycles. The third kappa shape index (κ3) is 2.94. The molecule has 2 nitrogen and oxygen atoms in total. The molecule has 0 aliphatic rings. The van der Waals surface area contributed by atoms with E-state index in [0.717, 1.165) is 22.1 Å². The van der Waals surface area contributed by atoms with Gasteiger partial charge in [-0.25, -0.2) is 4.98 Å². The van der Waals surface area contributed by atoms with E-state index in [4.69, 9.17) is 11.6 Å². The van der Waals surface area contributed by atoms with Crippen molar-refractivity contribution in [2.24, 2.45) is 0 Å². The molecule has 0 unspecified atom stereocenters. The van der Waals surface area contributed by atoms with Gasteiger partial charge in [0, 0.05) is 28.1 Å². The molecule has 19 heavy (non-hydrogen) atoms. The van der Waals surface area contributed by atoms with E-state index >= 15 is 0 Å². The van der Waals surface area contributed by atoms with Gasteiger partial charge < -0.3 is 4.40 Å². The van der Waals surface area contributed by atoms with Crippen molar-refractivity contribution >= 4 is 29.0 Å². The van der Waals surface area contributed by atoms with Gasteiger partial charge in [0.1, 0.15) is 5.65 Å². The zero-order valence-corrected chi connectivity index (χ0v) is 12.1. The first kappa shape index (κ1) is 12.6. The molecule has 0 aliphatic carbocycles. The lowest BCUT2D eigenvalue weighted by Crippen LogP contribution is -1.82. The van der Waals surface area contributed by atoms with Gasteiger partial charge >= 0.3 is 0 Å². The molecule has 0 saturated carbocycles. The summed E-state index contributed by atoms with van der Waals surface area (Å²) in [4.78, 5) is 5.77. The van der Waals surface area contributed by atoms with Gasteiger partial charge in [0.25, 0.3) is 0 Å². The molecule has 0 atom stereocenters. The predicted molar refractivity (Wildman–Crippen MR) is 80.9 cm³/mol. The average molecular weight is 289 g/mol. The second kappa shape index (κ2) is 5.27. The minimum absolute atomic E-state index is 0.774. The Morgan fingerprint density at radius 1 is 1.21 bits per heavy atom. The smallest absolute Gasteiger partial charge is 0.137 e. The molecule has 2 heterocycles.